The van der Waals surface area contributed by atoms with Crippen molar-refractivity contribution in [2.75, 3.05) is 5.43 Å². The fourth-order valence-electron chi connectivity index (χ4n) is 1.55. The van der Waals surface area contributed by atoms with Crippen LogP contribution in [0.1, 0.15) is 42.5 Å². The zero-order chi connectivity index (χ0) is 14.5. The second-order valence-electron chi connectivity index (χ2n) is 4.78. The molecule has 102 valence electrons. The number of hydrazone groups is 1. The van der Waals surface area contributed by atoms with Crippen LogP contribution in [0.2, 0.25) is 0 Å². The van der Waals surface area contributed by atoms with E-state index >= 15 is 0 Å². The predicted octanol–water partition coefficient (Wildman–Crippen LogP) is 3.42. The fraction of sp³-hybridized carbons (Fsp3) is 0.267. The number of nitrogens with one attached hydrogen (secondary N) is 1. The maximum absolute atomic E-state index is 9.00. The molecule has 0 aliphatic heterocycles. The predicted molar refractivity (Wildman–Crippen MR) is 77.7 cm³/mol. The first-order chi connectivity index (χ1) is 9.60. The molecule has 5 nitrogen and oxygen atoms in total. The molecule has 0 aliphatic carbocycles. The third-order valence-electron chi connectivity index (χ3n) is 2.70. The summed E-state index contributed by atoms with van der Waals surface area (Å²) in [6.45, 7) is 5.93. The van der Waals surface area contributed by atoms with Gasteiger partial charge in [0.15, 0.2) is 0 Å². The van der Waals surface area contributed by atoms with Gasteiger partial charge in [0.05, 0.1) is 6.21 Å². The molecule has 0 aliphatic rings. The third kappa shape index (κ3) is 3.23. The van der Waals surface area contributed by atoms with E-state index in [0.717, 1.165) is 5.56 Å². The van der Waals surface area contributed by atoms with E-state index in [-0.39, 0.29) is 17.5 Å². The van der Waals surface area contributed by atoms with Crippen molar-refractivity contribution in [3.63, 3.8) is 0 Å². The highest BCUT2D eigenvalue weighted by molar-refractivity contribution is 5.80. The van der Waals surface area contributed by atoms with Crippen molar-refractivity contribution in [1.29, 1.82) is 5.26 Å². The van der Waals surface area contributed by atoms with Crippen molar-refractivity contribution in [2.24, 2.45) is 5.10 Å². The van der Waals surface area contributed by atoms with E-state index in [1.165, 1.54) is 5.56 Å². The van der Waals surface area contributed by atoms with E-state index in [4.69, 9.17) is 9.68 Å². The summed E-state index contributed by atoms with van der Waals surface area (Å²) in [6.07, 6.45) is 1.66. The van der Waals surface area contributed by atoms with Crippen LogP contribution in [0.5, 0.6) is 0 Å². The molecule has 0 radical (unpaired) electrons. The Morgan fingerprint density at radius 3 is 2.65 bits per heavy atom. The minimum Gasteiger partial charge on any atom is -0.422 e. The number of hydrogen-bond donors (Lipinski definition) is 1. The Labute approximate surface area is 118 Å². The zero-order valence-electron chi connectivity index (χ0n) is 11.7. The van der Waals surface area contributed by atoms with Gasteiger partial charge in [-0.25, -0.2) is 10.4 Å². The maximum atomic E-state index is 9.00. The van der Waals surface area contributed by atoms with Crippen LogP contribution in [-0.2, 0) is 0 Å². The molecule has 0 fully saturated rings. The van der Waals surface area contributed by atoms with E-state index in [1.54, 1.807) is 6.21 Å². The summed E-state index contributed by atoms with van der Waals surface area (Å²) in [5.74, 6) is 0.924. The lowest BCUT2D eigenvalue weighted by Gasteiger charge is -1.97. The summed E-state index contributed by atoms with van der Waals surface area (Å²) in [4.78, 5) is 4.10. The van der Waals surface area contributed by atoms with Crippen LogP contribution in [0.3, 0.4) is 0 Å². The quantitative estimate of drug-likeness (QED) is 0.681. The highest BCUT2D eigenvalue weighted by Gasteiger charge is 2.14. The van der Waals surface area contributed by atoms with Gasteiger partial charge in [-0.3, -0.25) is 0 Å². The Morgan fingerprint density at radius 1 is 1.35 bits per heavy atom. The minimum absolute atomic E-state index is 0.124. The molecular formula is C15H16N4O. The molecule has 5 heteroatoms. The molecule has 2 rings (SSSR count). The van der Waals surface area contributed by atoms with Gasteiger partial charge in [-0.15, -0.1) is 0 Å². The lowest BCUT2D eigenvalue weighted by molar-refractivity contribution is 0.481. The van der Waals surface area contributed by atoms with Gasteiger partial charge in [0, 0.05) is 5.92 Å². The summed E-state index contributed by atoms with van der Waals surface area (Å²) in [6, 6.07) is 9.93. The third-order valence-corrected chi connectivity index (χ3v) is 2.70. The zero-order valence-corrected chi connectivity index (χ0v) is 11.7. The van der Waals surface area contributed by atoms with Crippen molar-refractivity contribution < 1.29 is 4.42 Å². The number of hydrogen-bond acceptors (Lipinski definition) is 5. The number of benzene rings is 1. The summed E-state index contributed by atoms with van der Waals surface area (Å²) in [5.41, 5.74) is 5.09. The summed E-state index contributed by atoms with van der Waals surface area (Å²) >= 11 is 0. The normalized spacial score (nSPS) is 10.9. The molecule has 0 saturated carbocycles. The van der Waals surface area contributed by atoms with Crippen LogP contribution >= 0.6 is 0 Å². The van der Waals surface area contributed by atoms with Gasteiger partial charge in [0.2, 0.25) is 11.6 Å². The topological polar surface area (TPSA) is 74.2 Å². The molecule has 0 spiro atoms. The van der Waals surface area contributed by atoms with Gasteiger partial charge >= 0.3 is 0 Å². The first kappa shape index (κ1) is 13.8. The Hall–Kier alpha value is -2.61. The Bertz CT molecular complexity index is 648. The van der Waals surface area contributed by atoms with Gasteiger partial charge in [-0.1, -0.05) is 43.7 Å². The van der Waals surface area contributed by atoms with Gasteiger partial charge in [0.25, 0.3) is 5.88 Å². The van der Waals surface area contributed by atoms with Crippen LogP contribution in [0, 0.1) is 18.3 Å². The van der Waals surface area contributed by atoms with E-state index in [1.807, 2.05) is 51.1 Å². The first-order valence-electron chi connectivity index (χ1n) is 6.36. The van der Waals surface area contributed by atoms with E-state index in [2.05, 4.69) is 15.5 Å². The number of aromatic nitrogens is 1. The molecule has 1 aromatic heterocycles. The van der Waals surface area contributed by atoms with Crippen LogP contribution in [0.25, 0.3) is 0 Å². The molecule has 0 bridgehead atoms. The lowest BCUT2D eigenvalue weighted by atomic mass is 10.2. The molecule has 1 aromatic carbocycles. The maximum Gasteiger partial charge on any atom is 0.252 e. The SMILES string of the molecule is Cc1ccc(C=NNc2oc(C(C)C)nc2C#N)cc1. The number of aryl methyl sites for hydroxylation is 1. The second-order valence-corrected chi connectivity index (χ2v) is 4.78. The van der Waals surface area contributed by atoms with Crippen molar-refractivity contribution in [3.05, 3.63) is 47.0 Å². The molecule has 0 unspecified atom stereocenters. The number of rotatable bonds is 4. The summed E-state index contributed by atoms with van der Waals surface area (Å²) < 4.78 is 5.47. The second kappa shape index (κ2) is 6.02. The van der Waals surface area contributed by atoms with Crippen LogP contribution in [0.15, 0.2) is 33.8 Å². The van der Waals surface area contributed by atoms with Crippen molar-refractivity contribution >= 4 is 12.1 Å². The molecule has 1 heterocycles. The van der Waals surface area contributed by atoms with Gasteiger partial charge in [-0.2, -0.15) is 10.4 Å². The standard InChI is InChI=1S/C15H16N4O/c1-10(2)14-18-13(8-16)15(20-14)19-17-9-12-6-4-11(3)5-7-12/h4-7,9-10,19H,1-3H3. The van der Waals surface area contributed by atoms with Crippen molar-refractivity contribution in [1.82, 2.24) is 4.98 Å². The van der Waals surface area contributed by atoms with E-state index < -0.39 is 0 Å². The average molecular weight is 268 g/mol. The smallest absolute Gasteiger partial charge is 0.252 e. The molecule has 20 heavy (non-hydrogen) atoms. The number of anilines is 1. The monoisotopic (exact) mass is 268 g/mol. The minimum atomic E-state index is 0.124. The fourth-order valence-corrected chi connectivity index (χ4v) is 1.55. The Morgan fingerprint density at radius 2 is 2.05 bits per heavy atom. The largest absolute Gasteiger partial charge is 0.422 e. The summed E-state index contributed by atoms with van der Waals surface area (Å²) in [5, 5.41) is 13.1. The average Bonchev–Trinajstić information content (AvgIpc) is 2.84. The van der Waals surface area contributed by atoms with Crippen molar-refractivity contribution in [2.45, 2.75) is 26.7 Å². The van der Waals surface area contributed by atoms with Crippen LogP contribution < -0.4 is 5.43 Å². The Kier molecular flexibility index (Phi) is 4.16. The summed E-state index contributed by atoms with van der Waals surface area (Å²) in [7, 11) is 0. The van der Waals surface area contributed by atoms with E-state index in [0.29, 0.717) is 5.89 Å². The Balaban J connectivity index is 2.10. The van der Waals surface area contributed by atoms with Crippen molar-refractivity contribution in [3.8, 4) is 6.07 Å². The molecule has 0 amide bonds. The van der Waals surface area contributed by atoms with Gasteiger partial charge in [0.1, 0.15) is 6.07 Å². The van der Waals surface area contributed by atoms with Gasteiger partial charge < -0.3 is 4.42 Å². The first-order valence-corrected chi connectivity index (χ1v) is 6.36. The molecule has 1 N–H and O–H groups in total. The van der Waals surface area contributed by atoms with Crippen LogP contribution in [0.4, 0.5) is 5.88 Å². The number of nitriles is 1. The molecule has 2 aromatic rings. The van der Waals surface area contributed by atoms with Gasteiger partial charge in [-0.05, 0) is 12.5 Å². The highest BCUT2D eigenvalue weighted by Crippen LogP contribution is 2.21. The number of oxazole rings is 1. The van der Waals surface area contributed by atoms with Crippen LogP contribution in [-0.4, -0.2) is 11.2 Å². The number of nitrogens with zero attached hydrogens (tertiary/aromatic N) is 3. The lowest BCUT2D eigenvalue weighted by Crippen LogP contribution is -1.91. The highest BCUT2D eigenvalue weighted by atomic mass is 16.4. The molecule has 0 atom stereocenters. The van der Waals surface area contributed by atoms with E-state index in [9.17, 15) is 0 Å². The molecular weight excluding hydrogens is 252 g/mol. The molecule has 0 saturated heterocycles.